The maximum absolute atomic E-state index is 11.3. The van der Waals surface area contributed by atoms with Crippen LogP contribution in [-0.2, 0) is 10.0 Å². The van der Waals surface area contributed by atoms with Gasteiger partial charge in [0.2, 0.25) is 10.0 Å². The first-order chi connectivity index (χ1) is 8.79. The molecule has 0 saturated heterocycles. The third-order valence-corrected chi connectivity index (χ3v) is 4.33. The van der Waals surface area contributed by atoms with Crippen molar-refractivity contribution in [3.8, 4) is 0 Å². The van der Waals surface area contributed by atoms with Crippen LogP contribution in [0.25, 0.3) is 0 Å². The molecule has 19 heavy (non-hydrogen) atoms. The van der Waals surface area contributed by atoms with Gasteiger partial charge in [0.15, 0.2) is 0 Å². The van der Waals surface area contributed by atoms with Crippen LogP contribution in [0.5, 0.6) is 0 Å². The number of aryl methyl sites for hydroxylation is 1. The lowest BCUT2D eigenvalue weighted by Crippen LogP contribution is -2.38. The summed E-state index contributed by atoms with van der Waals surface area (Å²) in [6, 6.07) is 5.20. The normalized spacial score (nSPS) is 13.1. The second-order valence-electron chi connectivity index (χ2n) is 4.50. The van der Waals surface area contributed by atoms with Gasteiger partial charge in [-0.15, -0.1) is 4.91 Å². The van der Waals surface area contributed by atoms with Crippen molar-refractivity contribution in [1.82, 2.24) is 0 Å². The van der Waals surface area contributed by atoms with Crippen molar-refractivity contribution >= 4 is 21.4 Å². The molecule has 1 aromatic carbocycles. The van der Waals surface area contributed by atoms with Crippen LogP contribution < -0.4 is 10.0 Å². The van der Waals surface area contributed by atoms with Gasteiger partial charge in [0, 0.05) is 18.8 Å². The summed E-state index contributed by atoms with van der Waals surface area (Å²) in [4.78, 5) is 12.4. The van der Waals surface area contributed by atoms with Gasteiger partial charge in [0.1, 0.15) is 5.69 Å². The van der Waals surface area contributed by atoms with Gasteiger partial charge in [-0.25, -0.2) is 13.6 Å². The van der Waals surface area contributed by atoms with Crippen LogP contribution in [0.1, 0.15) is 19.4 Å². The number of anilines is 1. The Hall–Kier alpha value is -1.47. The Kier molecular flexibility index (Phi) is 5.02. The highest BCUT2D eigenvalue weighted by Crippen LogP contribution is 2.24. The van der Waals surface area contributed by atoms with E-state index in [9.17, 15) is 13.3 Å². The molecule has 0 aromatic heterocycles. The molecule has 1 atom stereocenters. The summed E-state index contributed by atoms with van der Waals surface area (Å²) in [5.41, 5.74) is 2.00. The standard InChI is InChI=1S/C12H19N3O3S/c1-4-15(8-10(3)19(13,17)18)11-5-6-12(14-16)9(2)7-11/h5-7,10H,4,8H2,1-3H3,(H2,13,17,18). The largest absolute Gasteiger partial charge is 0.370 e. The molecule has 1 rings (SSSR count). The molecular formula is C12H19N3O3S. The van der Waals surface area contributed by atoms with Crippen LogP contribution in [-0.4, -0.2) is 26.8 Å². The maximum atomic E-state index is 11.3. The van der Waals surface area contributed by atoms with E-state index in [4.69, 9.17) is 5.14 Å². The zero-order valence-electron chi connectivity index (χ0n) is 11.3. The summed E-state index contributed by atoms with van der Waals surface area (Å²) in [7, 11) is -3.55. The molecular weight excluding hydrogens is 266 g/mol. The van der Waals surface area contributed by atoms with E-state index >= 15 is 0 Å². The maximum Gasteiger partial charge on any atom is 0.213 e. The highest BCUT2D eigenvalue weighted by molar-refractivity contribution is 7.89. The van der Waals surface area contributed by atoms with Gasteiger partial charge < -0.3 is 4.90 Å². The number of sulfonamides is 1. The summed E-state index contributed by atoms with van der Waals surface area (Å²) < 4.78 is 22.6. The van der Waals surface area contributed by atoms with E-state index in [-0.39, 0.29) is 0 Å². The first kappa shape index (κ1) is 15.6. The van der Waals surface area contributed by atoms with Crippen molar-refractivity contribution in [3.63, 3.8) is 0 Å². The molecule has 7 heteroatoms. The van der Waals surface area contributed by atoms with Crippen LogP contribution in [0, 0.1) is 11.8 Å². The van der Waals surface area contributed by atoms with Crippen molar-refractivity contribution in [2.24, 2.45) is 10.3 Å². The Morgan fingerprint density at radius 1 is 1.42 bits per heavy atom. The van der Waals surface area contributed by atoms with Crippen molar-refractivity contribution in [3.05, 3.63) is 28.7 Å². The Balaban J connectivity index is 2.98. The molecule has 0 aliphatic heterocycles. The smallest absolute Gasteiger partial charge is 0.213 e. The van der Waals surface area contributed by atoms with E-state index in [1.165, 1.54) is 0 Å². The molecule has 6 nitrogen and oxygen atoms in total. The predicted octanol–water partition coefficient (Wildman–Crippen LogP) is 1.90. The molecule has 0 heterocycles. The number of benzene rings is 1. The minimum atomic E-state index is -3.55. The van der Waals surface area contributed by atoms with Crippen molar-refractivity contribution in [2.75, 3.05) is 18.0 Å². The molecule has 0 radical (unpaired) electrons. The lowest BCUT2D eigenvalue weighted by Gasteiger charge is -2.26. The average molecular weight is 285 g/mol. The molecule has 0 amide bonds. The fraction of sp³-hybridized carbons (Fsp3) is 0.500. The Bertz CT molecular complexity index is 557. The van der Waals surface area contributed by atoms with Gasteiger partial charge >= 0.3 is 0 Å². The number of hydrogen-bond donors (Lipinski definition) is 1. The number of nitrogens with two attached hydrogens (primary N) is 1. The van der Waals surface area contributed by atoms with Gasteiger partial charge in [-0.2, -0.15) is 0 Å². The zero-order chi connectivity index (χ0) is 14.6. The molecule has 1 aromatic rings. The number of rotatable bonds is 6. The summed E-state index contributed by atoms with van der Waals surface area (Å²) in [6.07, 6.45) is 0. The fourth-order valence-electron chi connectivity index (χ4n) is 1.77. The molecule has 0 bridgehead atoms. The summed E-state index contributed by atoms with van der Waals surface area (Å²) >= 11 is 0. The quantitative estimate of drug-likeness (QED) is 0.808. The molecule has 0 aliphatic carbocycles. The van der Waals surface area contributed by atoms with E-state index in [1.54, 1.807) is 26.0 Å². The van der Waals surface area contributed by atoms with E-state index in [0.29, 0.717) is 18.8 Å². The van der Waals surface area contributed by atoms with Crippen molar-refractivity contribution in [1.29, 1.82) is 0 Å². The predicted molar refractivity (Wildman–Crippen MR) is 77.1 cm³/mol. The molecule has 0 aliphatic rings. The Morgan fingerprint density at radius 3 is 2.47 bits per heavy atom. The van der Waals surface area contributed by atoms with Gasteiger partial charge in [0.05, 0.1) is 5.25 Å². The summed E-state index contributed by atoms with van der Waals surface area (Å²) in [5.74, 6) is 0. The lowest BCUT2D eigenvalue weighted by molar-refractivity contribution is 0.582. The molecule has 106 valence electrons. The van der Waals surface area contributed by atoms with Crippen LogP contribution >= 0.6 is 0 Å². The number of nitrogens with zero attached hydrogens (tertiary/aromatic N) is 2. The van der Waals surface area contributed by atoms with Gasteiger partial charge in [-0.1, -0.05) is 0 Å². The van der Waals surface area contributed by atoms with Gasteiger partial charge in [-0.05, 0) is 49.7 Å². The third-order valence-electron chi connectivity index (χ3n) is 3.06. The van der Waals surface area contributed by atoms with Crippen LogP contribution in [0.2, 0.25) is 0 Å². The highest BCUT2D eigenvalue weighted by Gasteiger charge is 2.19. The van der Waals surface area contributed by atoms with Crippen LogP contribution in [0.4, 0.5) is 11.4 Å². The van der Waals surface area contributed by atoms with Crippen molar-refractivity contribution < 1.29 is 8.42 Å². The van der Waals surface area contributed by atoms with Crippen LogP contribution in [0.3, 0.4) is 0 Å². The first-order valence-electron chi connectivity index (χ1n) is 6.00. The molecule has 1 unspecified atom stereocenters. The Labute approximate surface area is 113 Å². The monoisotopic (exact) mass is 285 g/mol. The van der Waals surface area contributed by atoms with Crippen molar-refractivity contribution in [2.45, 2.75) is 26.0 Å². The minimum Gasteiger partial charge on any atom is -0.370 e. The zero-order valence-corrected chi connectivity index (χ0v) is 12.1. The van der Waals surface area contributed by atoms with Crippen LogP contribution in [0.15, 0.2) is 23.4 Å². The number of hydrogen-bond acceptors (Lipinski definition) is 5. The first-order valence-corrected chi connectivity index (χ1v) is 7.61. The van der Waals surface area contributed by atoms with Gasteiger partial charge in [-0.3, -0.25) is 0 Å². The van der Waals surface area contributed by atoms with E-state index in [1.807, 2.05) is 17.9 Å². The average Bonchev–Trinajstić information content (AvgIpc) is 2.34. The fourth-order valence-corrected chi connectivity index (χ4v) is 2.16. The second kappa shape index (κ2) is 6.12. The van der Waals surface area contributed by atoms with E-state index in [0.717, 1.165) is 11.3 Å². The number of nitroso groups, excluding NO2 is 1. The highest BCUT2D eigenvalue weighted by atomic mass is 32.2. The topological polar surface area (TPSA) is 92.8 Å². The number of primary sulfonamides is 1. The molecule has 0 spiro atoms. The third kappa shape index (κ3) is 4.00. The lowest BCUT2D eigenvalue weighted by atomic mass is 10.1. The Morgan fingerprint density at radius 2 is 2.05 bits per heavy atom. The molecule has 0 saturated carbocycles. The molecule has 0 fully saturated rings. The second-order valence-corrected chi connectivity index (χ2v) is 6.48. The van der Waals surface area contributed by atoms with Gasteiger partial charge in [0.25, 0.3) is 0 Å². The summed E-state index contributed by atoms with van der Waals surface area (Å²) in [6.45, 7) is 6.25. The molecule has 2 N–H and O–H groups in total. The van der Waals surface area contributed by atoms with E-state index < -0.39 is 15.3 Å². The minimum absolute atomic E-state index is 0.308. The SMILES string of the molecule is CCN(CC(C)S(N)(=O)=O)c1ccc(N=O)c(C)c1. The summed E-state index contributed by atoms with van der Waals surface area (Å²) in [5, 5.41) is 7.38. The van der Waals surface area contributed by atoms with E-state index in [2.05, 4.69) is 5.18 Å².